The second-order valence-corrected chi connectivity index (χ2v) is 6.01. The summed E-state index contributed by atoms with van der Waals surface area (Å²) in [6, 6.07) is 4.06. The van der Waals surface area contributed by atoms with Crippen molar-refractivity contribution in [3.8, 4) is 0 Å². The molecule has 110 valence electrons. The summed E-state index contributed by atoms with van der Waals surface area (Å²) in [7, 11) is 1.52. The number of aromatic carboxylic acids is 1. The number of urea groups is 1. The maximum absolute atomic E-state index is 11.9. The third-order valence-corrected chi connectivity index (χ3v) is 2.92. The van der Waals surface area contributed by atoms with Gasteiger partial charge in [-0.25, -0.2) is 9.59 Å². The molecule has 20 heavy (non-hydrogen) atoms. The van der Waals surface area contributed by atoms with Crippen LogP contribution in [0.3, 0.4) is 0 Å². The molecule has 6 nitrogen and oxygen atoms in total. The summed E-state index contributed by atoms with van der Waals surface area (Å²) in [5, 5.41) is 21.3. The topological polar surface area (TPSA) is 89.9 Å². The molecule has 0 atom stereocenters. The van der Waals surface area contributed by atoms with E-state index in [9.17, 15) is 14.7 Å². The molecule has 0 saturated heterocycles. The van der Waals surface area contributed by atoms with Gasteiger partial charge in [0.25, 0.3) is 0 Å². The largest absolute Gasteiger partial charge is 0.478 e. The van der Waals surface area contributed by atoms with Crippen LogP contribution in [-0.2, 0) is 0 Å². The number of carbonyl (C=O) groups excluding carboxylic acids is 1. The molecule has 0 unspecified atom stereocenters. The van der Waals surface area contributed by atoms with Crippen molar-refractivity contribution in [1.82, 2.24) is 4.90 Å². The van der Waals surface area contributed by atoms with Crippen molar-refractivity contribution in [3.05, 3.63) is 28.2 Å². The van der Waals surface area contributed by atoms with Crippen LogP contribution in [0.2, 0.25) is 0 Å². The van der Waals surface area contributed by atoms with E-state index in [1.54, 1.807) is 19.9 Å². The highest BCUT2D eigenvalue weighted by molar-refractivity contribution is 9.10. The van der Waals surface area contributed by atoms with Crippen LogP contribution in [0.4, 0.5) is 10.5 Å². The minimum absolute atomic E-state index is 0.00983. The van der Waals surface area contributed by atoms with Gasteiger partial charge in [0, 0.05) is 11.5 Å². The second-order valence-electron chi connectivity index (χ2n) is 5.09. The van der Waals surface area contributed by atoms with Gasteiger partial charge in [0.05, 0.1) is 23.4 Å². The van der Waals surface area contributed by atoms with Crippen molar-refractivity contribution < 1.29 is 19.8 Å². The molecule has 0 heterocycles. The summed E-state index contributed by atoms with van der Waals surface area (Å²) < 4.78 is 0.609. The van der Waals surface area contributed by atoms with Gasteiger partial charge in [-0.2, -0.15) is 0 Å². The molecule has 1 aromatic carbocycles. The van der Waals surface area contributed by atoms with Crippen molar-refractivity contribution in [1.29, 1.82) is 0 Å². The van der Waals surface area contributed by atoms with Gasteiger partial charge in [0.1, 0.15) is 0 Å². The molecule has 1 aromatic rings. The number of carboxylic acid groups (broad SMARTS) is 1. The van der Waals surface area contributed by atoms with Crippen LogP contribution in [0.5, 0.6) is 0 Å². The average Bonchev–Trinajstić information content (AvgIpc) is 2.28. The Hall–Kier alpha value is -1.60. The zero-order valence-electron chi connectivity index (χ0n) is 11.5. The molecule has 7 heteroatoms. The second kappa shape index (κ2) is 6.23. The highest BCUT2D eigenvalue weighted by atomic mass is 79.9. The first-order valence-corrected chi connectivity index (χ1v) is 6.67. The first-order chi connectivity index (χ1) is 9.10. The molecule has 3 N–H and O–H groups in total. The highest BCUT2D eigenvalue weighted by Crippen LogP contribution is 2.21. The SMILES string of the molecule is CN(CC(C)(C)O)C(=O)Nc1ccc(Br)cc1C(=O)O. The summed E-state index contributed by atoms with van der Waals surface area (Å²) in [5.41, 5.74) is -0.834. The monoisotopic (exact) mass is 344 g/mol. The van der Waals surface area contributed by atoms with Crippen LogP contribution in [0, 0.1) is 0 Å². The summed E-state index contributed by atoms with van der Waals surface area (Å²) in [6.45, 7) is 3.29. The quantitative estimate of drug-likeness (QED) is 0.782. The zero-order valence-corrected chi connectivity index (χ0v) is 13.1. The Balaban J connectivity index is 2.88. The van der Waals surface area contributed by atoms with Crippen molar-refractivity contribution in [3.63, 3.8) is 0 Å². The number of anilines is 1. The average molecular weight is 345 g/mol. The van der Waals surface area contributed by atoms with E-state index in [0.717, 1.165) is 0 Å². The Kier molecular flexibility index (Phi) is 5.13. The third kappa shape index (κ3) is 4.82. The minimum Gasteiger partial charge on any atom is -0.478 e. The lowest BCUT2D eigenvalue weighted by molar-refractivity contribution is 0.0550. The maximum atomic E-state index is 11.9. The van der Waals surface area contributed by atoms with Crippen molar-refractivity contribution in [2.75, 3.05) is 18.9 Å². The van der Waals surface area contributed by atoms with Crippen LogP contribution in [0.1, 0.15) is 24.2 Å². The van der Waals surface area contributed by atoms with Crippen molar-refractivity contribution >= 4 is 33.6 Å². The van der Waals surface area contributed by atoms with Crippen LogP contribution in [0.25, 0.3) is 0 Å². The van der Waals surface area contributed by atoms with Gasteiger partial charge in [-0.15, -0.1) is 0 Å². The van der Waals surface area contributed by atoms with E-state index in [2.05, 4.69) is 21.2 Å². The standard InChI is InChI=1S/C13H17BrN2O4/c1-13(2,20)7-16(3)12(19)15-10-5-4-8(14)6-9(10)11(17)18/h4-6,20H,7H2,1-3H3,(H,15,19)(H,17,18). The van der Waals surface area contributed by atoms with Crippen molar-refractivity contribution in [2.24, 2.45) is 0 Å². The fourth-order valence-electron chi connectivity index (χ4n) is 1.67. The van der Waals surface area contributed by atoms with E-state index in [1.165, 1.54) is 24.1 Å². The van der Waals surface area contributed by atoms with Crippen LogP contribution < -0.4 is 5.32 Å². The Morgan fingerprint density at radius 3 is 2.50 bits per heavy atom. The van der Waals surface area contributed by atoms with Gasteiger partial charge in [-0.3, -0.25) is 0 Å². The van der Waals surface area contributed by atoms with E-state index in [1.807, 2.05) is 0 Å². The van der Waals surface area contributed by atoms with E-state index in [-0.39, 0.29) is 17.8 Å². The normalized spacial score (nSPS) is 11.1. The predicted molar refractivity (Wildman–Crippen MR) is 79.0 cm³/mol. The molecule has 0 aliphatic carbocycles. The fraction of sp³-hybridized carbons (Fsp3) is 0.385. The number of nitrogens with zero attached hydrogens (tertiary/aromatic N) is 1. The summed E-state index contributed by atoms with van der Waals surface area (Å²) in [6.07, 6.45) is 0. The Labute approximate surface area is 125 Å². The summed E-state index contributed by atoms with van der Waals surface area (Å²) in [4.78, 5) is 24.4. The molecule has 2 amide bonds. The molecule has 0 aliphatic heterocycles. The van der Waals surface area contributed by atoms with Gasteiger partial charge < -0.3 is 20.4 Å². The third-order valence-electron chi connectivity index (χ3n) is 2.42. The smallest absolute Gasteiger partial charge is 0.337 e. The molecule has 0 aliphatic rings. The lowest BCUT2D eigenvalue weighted by Crippen LogP contribution is -2.41. The highest BCUT2D eigenvalue weighted by Gasteiger charge is 2.20. The molecule has 0 saturated carbocycles. The van der Waals surface area contributed by atoms with Crippen LogP contribution in [-0.4, -0.2) is 46.3 Å². The number of likely N-dealkylation sites (N-methyl/N-ethyl adjacent to an activating group) is 1. The Bertz CT molecular complexity index is 526. The number of hydrogen-bond acceptors (Lipinski definition) is 3. The first-order valence-electron chi connectivity index (χ1n) is 5.87. The van der Waals surface area contributed by atoms with Gasteiger partial charge >= 0.3 is 12.0 Å². The number of halogens is 1. The number of carbonyl (C=O) groups is 2. The molecule has 0 bridgehead atoms. The molecule has 1 rings (SSSR count). The predicted octanol–water partition coefficient (Wildman–Crippen LogP) is 2.38. The minimum atomic E-state index is -1.13. The number of hydrogen-bond donors (Lipinski definition) is 3. The Morgan fingerprint density at radius 2 is 2.00 bits per heavy atom. The Morgan fingerprint density at radius 1 is 1.40 bits per heavy atom. The van der Waals surface area contributed by atoms with Crippen LogP contribution >= 0.6 is 15.9 Å². The maximum Gasteiger partial charge on any atom is 0.337 e. The molecule has 0 aromatic heterocycles. The molecule has 0 fully saturated rings. The van der Waals surface area contributed by atoms with Crippen molar-refractivity contribution in [2.45, 2.75) is 19.4 Å². The van der Waals surface area contributed by atoms with Gasteiger partial charge in [0.2, 0.25) is 0 Å². The van der Waals surface area contributed by atoms with E-state index in [0.29, 0.717) is 4.47 Å². The van der Waals surface area contributed by atoms with E-state index >= 15 is 0 Å². The number of rotatable bonds is 4. The molecule has 0 radical (unpaired) electrons. The number of benzene rings is 1. The zero-order chi connectivity index (χ0) is 15.5. The summed E-state index contributed by atoms with van der Waals surface area (Å²) >= 11 is 3.18. The lowest BCUT2D eigenvalue weighted by Gasteiger charge is -2.26. The van der Waals surface area contributed by atoms with Gasteiger partial charge in [-0.05, 0) is 32.0 Å². The number of nitrogens with one attached hydrogen (secondary N) is 1. The van der Waals surface area contributed by atoms with Gasteiger partial charge in [0.15, 0.2) is 0 Å². The van der Waals surface area contributed by atoms with E-state index < -0.39 is 17.6 Å². The number of aliphatic hydroxyl groups is 1. The number of amides is 2. The first kappa shape index (κ1) is 16.5. The van der Waals surface area contributed by atoms with Crippen LogP contribution in [0.15, 0.2) is 22.7 Å². The van der Waals surface area contributed by atoms with E-state index in [4.69, 9.17) is 5.11 Å². The van der Waals surface area contributed by atoms with Gasteiger partial charge in [-0.1, -0.05) is 15.9 Å². The molecular formula is C13H17BrN2O4. The molecule has 0 spiro atoms. The lowest BCUT2D eigenvalue weighted by atomic mass is 10.1. The molecular weight excluding hydrogens is 328 g/mol. The number of carboxylic acids is 1. The fourth-order valence-corrected chi connectivity index (χ4v) is 2.03. The summed E-state index contributed by atoms with van der Waals surface area (Å²) in [5.74, 6) is -1.13.